The zero-order chi connectivity index (χ0) is 14.0. The molecule has 0 aromatic heterocycles. The summed E-state index contributed by atoms with van der Waals surface area (Å²) in [5.41, 5.74) is 6.70. The normalized spacial score (nSPS) is 22.2. The first-order valence-corrected chi connectivity index (χ1v) is 6.39. The summed E-state index contributed by atoms with van der Waals surface area (Å²) < 4.78 is 0. The Hall–Kier alpha value is -1.88. The molecule has 102 valence electrons. The Morgan fingerprint density at radius 3 is 2.68 bits per heavy atom. The lowest BCUT2D eigenvalue weighted by atomic mass is 9.99. The molecule has 1 aliphatic heterocycles. The molecular formula is C14H19N3O2. The van der Waals surface area contributed by atoms with E-state index in [4.69, 9.17) is 5.73 Å². The summed E-state index contributed by atoms with van der Waals surface area (Å²) in [5, 5.41) is 6.12. The number of anilines is 1. The Morgan fingerprint density at radius 2 is 2.16 bits per heavy atom. The molecule has 0 saturated carbocycles. The number of aryl methyl sites for hydroxylation is 1. The van der Waals surface area contributed by atoms with E-state index in [1.54, 1.807) is 18.2 Å². The summed E-state index contributed by atoms with van der Waals surface area (Å²) >= 11 is 0. The van der Waals surface area contributed by atoms with E-state index in [1.165, 1.54) is 0 Å². The molecule has 0 radical (unpaired) electrons. The topological polar surface area (TPSA) is 84.2 Å². The van der Waals surface area contributed by atoms with Gasteiger partial charge in [-0.2, -0.15) is 0 Å². The van der Waals surface area contributed by atoms with Crippen molar-refractivity contribution in [1.29, 1.82) is 0 Å². The minimum Gasteiger partial charge on any atom is -0.366 e. The van der Waals surface area contributed by atoms with E-state index >= 15 is 0 Å². The number of benzene rings is 1. The molecule has 1 heterocycles. The van der Waals surface area contributed by atoms with Crippen LogP contribution in [-0.2, 0) is 4.79 Å². The van der Waals surface area contributed by atoms with Crippen molar-refractivity contribution < 1.29 is 9.59 Å². The zero-order valence-corrected chi connectivity index (χ0v) is 11.2. The molecule has 1 aromatic rings. The van der Waals surface area contributed by atoms with Gasteiger partial charge >= 0.3 is 0 Å². The molecule has 5 nitrogen and oxygen atoms in total. The fourth-order valence-corrected chi connectivity index (χ4v) is 2.31. The third-order valence-electron chi connectivity index (χ3n) is 3.63. The number of primary amides is 1. The van der Waals surface area contributed by atoms with Gasteiger partial charge in [0.05, 0.1) is 5.54 Å². The van der Waals surface area contributed by atoms with E-state index in [2.05, 4.69) is 10.6 Å². The SMILES string of the molecule is Cc1cc(C(N)=O)ccc1NC(=O)C1(C)CCCN1. The van der Waals surface area contributed by atoms with Gasteiger partial charge in [0, 0.05) is 11.3 Å². The second kappa shape index (κ2) is 5.01. The van der Waals surface area contributed by atoms with Crippen LogP contribution in [0.25, 0.3) is 0 Å². The van der Waals surface area contributed by atoms with Crippen molar-refractivity contribution in [1.82, 2.24) is 5.32 Å². The minimum absolute atomic E-state index is 0.0417. The summed E-state index contributed by atoms with van der Waals surface area (Å²) in [6, 6.07) is 5.02. The molecule has 1 atom stereocenters. The number of hydrogen-bond acceptors (Lipinski definition) is 3. The van der Waals surface area contributed by atoms with Crippen LogP contribution < -0.4 is 16.4 Å². The highest BCUT2D eigenvalue weighted by Crippen LogP contribution is 2.22. The highest BCUT2D eigenvalue weighted by atomic mass is 16.2. The molecule has 1 unspecified atom stereocenters. The van der Waals surface area contributed by atoms with Crippen molar-refractivity contribution >= 4 is 17.5 Å². The number of rotatable bonds is 3. The van der Waals surface area contributed by atoms with Crippen LogP contribution in [0.1, 0.15) is 35.7 Å². The van der Waals surface area contributed by atoms with E-state index in [0.29, 0.717) is 11.3 Å². The third kappa shape index (κ3) is 2.76. The van der Waals surface area contributed by atoms with Crippen LogP contribution >= 0.6 is 0 Å². The quantitative estimate of drug-likeness (QED) is 0.763. The molecule has 4 N–H and O–H groups in total. The van der Waals surface area contributed by atoms with Gasteiger partial charge < -0.3 is 16.4 Å². The first kappa shape index (κ1) is 13.5. The molecule has 1 aliphatic rings. The summed E-state index contributed by atoms with van der Waals surface area (Å²) in [6.07, 6.45) is 1.83. The monoisotopic (exact) mass is 261 g/mol. The van der Waals surface area contributed by atoms with Crippen LogP contribution in [0.4, 0.5) is 5.69 Å². The van der Waals surface area contributed by atoms with Gasteiger partial charge in [-0.1, -0.05) is 0 Å². The van der Waals surface area contributed by atoms with Gasteiger partial charge in [-0.15, -0.1) is 0 Å². The van der Waals surface area contributed by atoms with Gasteiger partial charge in [0.1, 0.15) is 0 Å². The van der Waals surface area contributed by atoms with Crippen molar-refractivity contribution in [3.8, 4) is 0 Å². The number of nitrogens with two attached hydrogens (primary N) is 1. The van der Waals surface area contributed by atoms with E-state index in [-0.39, 0.29) is 5.91 Å². The second-order valence-electron chi connectivity index (χ2n) is 5.21. The number of amides is 2. The van der Waals surface area contributed by atoms with Crippen LogP contribution in [0.3, 0.4) is 0 Å². The molecule has 1 aromatic carbocycles. The summed E-state index contributed by atoms with van der Waals surface area (Å²) in [4.78, 5) is 23.3. The van der Waals surface area contributed by atoms with Crippen molar-refractivity contribution in [2.75, 3.05) is 11.9 Å². The largest absolute Gasteiger partial charge is 0.366 e. The highest BCUT2D eigenvalue weighted by Gasteiger charge is 2.35. The lowest BCUT2D eigenvalue weighted by molar-refractivity contribution is -0.121. The van der Waals surface area contributed by atoms with E-state index in [1.807, 2.05) is 13.8 Å². The van der Waals surface area contributed by atoms with Crippen molar-refractivity contribution in [3.05, 3.63) is 29.3 Å². The molecule has 5 heteroatoms. The van der Waals surface area contributed by atoms with Crippen LogP contribution in [0.5, 0.6) is 0 Å². The Balaban J connectivity index is 2.15. The lowest BCUT2D eigenvalue weighted by Gasteiger charge is -2.23. The number of carbonyl (C=O) groups excluding carboxylic acids is 2. The first-order valence-electron chi connectivity index (χ1n) is 6.39. The Kier molecular flexibility index (Phi) is 3.57. The summed E-state index contributed by atoms with van der Waals surface area (Å²) in [7, 11) is 0. The molecule has 0 bridgehead atoms. The number of nitrogens with one attached hydrogen (secondary N) is 2. The predicted molar refractivity (Wildman–Crippen MR) is 74.0 cm³/mol. The summed E-state index contributed by atoms with van der Waals surface area (Å²) in [6.45, 7) is 4.61. The first-order chi connectivity index (χ1) is 8.92. The molecule has 1 saturated heterocycles. The minimum atomic E-state index is -0.505. The highest BCUT2D eigenvalue weighted by molar-refractivity contribution is 5.99. The van der Waals surface area contributed by atoms with Crippen LogP contribution in [0.2, 0.25) is 0 Å². The van der Waals surface area contributed by atoms with Gasteiger partial charge in [-0.3, -0.25) is 9.59 Å². The maximum absolute atomic E-state index is 12.2. The van der Waals surface area contributed by atoms with E-state index < -0.39 is 11.4 Å². The van der Waals surface area contributed by atoms with Crippen LogP contribution in [0, 0.1) is 6.92 Å². The van der Waals surface area contributed by atoms with E-state index in [9.17, 15) is 9.59 Å². The van der Waals surface area contributed by atoms with Crippen molar-refractivity contribution in [3.63, 3.8) is 0 Å². The fourth-order valence-electron chi connectivity index (χ4n) is 2.31. The van der Waals surface area contributed by atoms with Gasteiger partial charge in [0.2, 0.25) is 11.8 Å². The molecule has 1 fully saturated rings. The summed E-state index contributed by atoms with van der Waals surface area (Å²) in [5.74, 6) is -0.509. The van der Waals surface area contributed by atoms with Crippen LogP contribution in [-0.4, -0.2) is 23.9 Å². The molecule has 2 rings (SSSR count). The standard InChI is InChI=1S/C14H19N3O2/c1-9-8-10(12(15)18)4-5-11(9)17-13(19)14(2)6-3-7-16-14/h4-5,8,16H,3,6-7H2,1-2H3,(H2,15,18)(H,17,19). The third-order valence-corrected chi connectivity index (χ3v) is 3.63. The molecule has 2 amide bonds. The predicted octanol–water partition coefficient (Wildman–Crippen LogP) is 1.17. The van der Waals surface area contributed by atoms with Gasteiger partial charge in [0.25, 0.3) is 0 Å². The average molecular weight is 261 g/mol. The van der Waals surface area contributed by atoms with Gasteiger partial charge in [0.15, 0.2) is 0 Å². The number of carbonyl (C=O) groups is 2. The van der Waals surface area contributed by atoms with Crippen LogP contribution in [0.15, 0.2) is 18.2 Å². The molecule has 19 heavy (non-hydrogen) atoms. The maximum atomic E-state index is 12.2. The second-order valence-corrected chi connectivity index (χ2v) is 5.21. The Morgan fingerprint density at radius 1 is 1.42 bits per heavy atom. The van der Waals surface area contributed by atoms with Gasteiger partial charge in [-0.25, -0.2) is 0 Å². The van der Waals surface area contributed by atoms with E-state index in [0.717, 1.165) is 24.9 Å². The molecule has 0 aliphatic carbocycles. The smallest absolute Gasteiger partial charge is 0.248 e. The fraction of sp³-hybridized carbons (Fsp3) is 0.429. The van der Waals surface area contributed by atoms with Gasteiger partial charge in [-0.05, 0) is 57.0 Å². The zero-order valence-electron chi connectivity index (χ0n) is 11.2. The molecular weight excluding hydrogens is 242 g/mol. The Bertz CT molecular complexity index is 519. The lowest BCUT2D eigenvalue weighted by Crippen LogP contribution is -2.48. The Labute approximate surface area is 112 Å². The average Bonchev–Trinajstić information content (AvgIpc) is 2.80. The maximum Gasteiger partial charge on any atom is 0.248 e. The number of hydrogen-bond donors (Lipinski definition) is 3. The molecule has 0 spiro atoms. The van der Waals surface area contributed by atoms with Crippen molar-refractivity contribution in [2.45, 2.75) is 32.2 Å². The van der Waals surface area contributed by atoms with Crippen molar-refractivity contribution in [2.24, 2.45) is 5.73 Å².